The third kappa shape index (κ3) is 3.17. The maximum absolute atomic E-state index is 8.51. The van der Waals surface area contributed by atoms with Crippen LogP contribution in [0.3, 0.4) is 0 Å². The smallest absolute Gasteiger partial charge is 0.122 e. The van der Waals surface area contributed by atoms with E-state index in [1.165, 1.54) is 5.56 Å². The fourth-order valence-electron chi connectivity index (χ4n) is 1.37. The van der Waals surface area contributed by atoms with Crippen molar-refractivity contribution in [3.63, 3.8) is 0 Å². The SMILES string of the molecule is COc1ccc(SCC#N)cc1C(C)C. The van der Waals surface area contributed by atoms with Crippen molar-refractivity contribution in [2.45, 2.75) is 24.7 Å². The predicted molar refractivity (Wildman–Crippen MR) is 63.4 cm³/mol. The van der Waals surface area contributed by atoms with Gasteiger partial charge in [0, 0.05) is 4.90 Å². The number of hydrogen-bond donors (Lipinski definition) is 0. The highest BCUT2D eigenvalue weighted by molar-refractivity contribution is 7.99. The number of nitriles is 1. The molecule has 1 rings (SSSR count). The second kappa shape index (κ2) is 5.67. The molecule has 0 fully saturated rings. The summed E-state index contributed by atoms with van der Waals surface area (Å²) in [7, 11) is 1.68. The lowest BCUT2D eigenvalue weighted by molar-refractivity contribution is 0.407. The third-order valence-electron chi connectivity index (χ3n) is 2.13. The fraction of sp³-hybridized carbons (Fsp3) is 0.417. The van der Waals surface area contributed by atoms with Crippen LogP contribution in [-0.4, -0.2) is 12.9 Å². The average molecular weight is 221 g/mol. The number of thioether (sulfide) groups is 1. The summed E-state index contributed by atoms with van der Waals surface area (Å²) in [5.74, 6) is 1.85. The number of nitrogens with zero attached hydrogens (tertiary/aromatic N) is 1. The van der Waals surface area contributed by atoms with Gasteiger partial charge in [-0.1, -0.05) is 13.8 Å². The van der Waals surface area contributed by atoms with E-state index < -0.39 is 0 Å². The largest absolute Gasteiger partial charge is 0.496 e. The van der Waals surface area contributed by atoms with Crippen molar-refractivity contribution in [1.29, 1.82) is 5.26 Å². The molecule has 80 valence electrons. The Balaban J connectivity index is 2.95. The number of ether oxygens (including phenoxy) is 1. The van der Waals surface area contributed by atoms with E-state index in [1.807, 2.05) is 12.1 Å². The Kier molecular flexibility index (Phi) is 4.51. The van der Waals surface area contributed by atoms with E-state index in [0.717, 1.165) is 10.6 Å². The second-order valence-electron chi connectivity index (χ2n) is 3.51. The molecular formula is C12H15NOS. The summed E-state index contributed by atoms with van der Waals surface area (Å²) >= 11 is 1.55. The van der Waals surface area contributed by atoms with E-state index in [9.17, 15) is 0 Å². The van der Waals surface area contributed by atoms with Gasteiger partial charge in [0.2, 0.25) is 0 Å². The van der Waals surface area contributed by atoms with Crippen molar-refractivity contribution >= 4 is 11.8 Å². The number of rotatable bonds is 4. The second-order valence-corrected chi connectivity index (χ2v) is 4.55. The lowest BCUT2D eigenvalue weighted by Gasteiger charge is -2.12. The fourth-order valence-corrected chi connectivity index (χ4v) is 1.97. The minimum absolute atomic E-state index is 0.433. The molecule has 0 N–H and O–H groups in total. The highest BCUT2D eigenvalue weighted by Gasteiger charge is 2.08. The highest BCUT2D eigenvalue weighted by atomic mass is 32.2. The lowest BCUT2D eigenvalue weighted by atomic mass is 10.0. The maximum atomic E-state index is 8.51. The molecule has 0 bridgehead atoms. The summed E-state index contributed by atoms with van der Waals surface area (Å²) < 4.78 is 5.29. The molecule has 0 unspecified atom stereocenters. The van der Waals surface area contributed by atoms with Crippen LogP contribution in [0.5, 0.6) is 5.75 Å². The molecule has 0 amide bonds. The molecular weight excluding hydrogens is 206 g/mol. The monoisotopic (exact) mass is 221 g/mol. The van der Waals surface area contributed by atoms with Gasteiger partial charge in [-0.05, 0) is 29.7 Å². The molecule has 0 saturated carbocycles. The molecule has 0 aliphatic heterocycles. The first-order chi connectivity index (χ1) is 7.19. The van der Waals surface area contributed by atoms with Gasteiger partial charge in [0.25, 0.3) is 0 Å². The highest BCUT2D eigenvalue weighted by Crippen LogP contribution is 2.30. The van der Waals surface area contributed by atoms with Crippen LogP contribution >= 0.6 is 11.8 Å². The van der Waals surface area contributed by atoms with Gasteiger partial charge < -0.3 is 4.74 Å². The quantitative estimate of drug-likeness (QED) is 0.730. The predicted octanol–water partition coefficient (Wildman–Crippen LogP) is 3.43. The Bertz CT molecular complexity index is 368. The first-order valence-corrected chi connectivity index (χ1v) is 5.85. The van der Waals surface area contributed by atoms with E-state index in [0.29, 0.717) is 11.7 Å². The minimum Gasteiger partial charge on any atom is -0.496 e. The van der Waals surface area contributed by atoms with Gasteiger partial charge in [-0.15, -0.1) is 11.8 Å². The Morgan fingerprint density at radius 2 is 2.20 bits per heavy atom. The molecule has 0 aliphatic carbocycles. The van der Waals surface area contributed by atoms with Crippen LogP contribution in [0.15, 0.2) is 23.1 Å². The van der Waals surface area contributed by atoms with Crippen LogP contribution in [-0.2, 0) is 0 Å². The Labute approximate surface area is 95.3 Å². The Morgan fingerprint density at radius 1 is 1.47 bits per heavy atom. The summed E-state index contributed by atoms with van der Waals surface area (Å²) in [4.78, 5) is 1.13. The summed E-state index contributed by atoms with van der Waals surface area (Å²) in [6, 6.07) is 8.19. The standard InChI is InChI=1S/C12H15NOS/c1-9(2)11-8-10(15-7-6-13)4-5-12(11)14-3/h4-5,8-9H,7H2,1-3H3. The van der Waals surface area contributed by atoms with Gasteiger partial charge in [0.15, 0.2) is 0 Å². The summed E-state index contributed by atoms with van der Waals surface area (Å²) in [6.45, 7) is 4.27. The molecule has 0 saturated heterocycles. The van der Waals surface area contributed by atoms with Crippen molar-refractivity contribution in [2.75, 3.05) is 12.9 Å². The topological polar surface area (TPSA) is 33.0 Å². The lowest BCUT2D eigenvalue weighted by Crippen LogP contribution is -1.94. The van der Waals surface area contributed by atoms with Crippen LogP contribution < -0.4 is 4.74 Å². The van der Waals surface area contributed by atoms with E-state index in [4.69, 9.17) is 10.00 Å². The van der Waals surface area contributed by atoms with Crippen molar-refractivity contribution in [1.82, 2.24) is 0 Å². The average Bonchev–Trinajstić information content (AvgIpc) is 2.25. The van der Waals surface area contributed by atoms with E-state index in [-0.39, 0.29) is 0 Å². The van der Waals surface area contributed by atoms with E-state index in [2.05, 4.69) is 26.0 Å². The van der Waals surface area contributed by atoms with Crippen molar-refractivity contribution in [3.05, 3.63) is 23.8 Å². The minimum atomic E-state index is 0.433. The van der Waals surface area contributed by atoms with Crippen molar-refractivity contribution < 1.29 is 4.74 Å². The van der Waals surface area contributed by atoms with E-state index >= 15 is 0 Å². The summed E-state index contributed by atoms with van der Waals surface area (Å²) in [5.41, 5.74) is 1.19. The molecule has 1 aromatic carbocycles. The van der Waals surface area contributed by atoms with Crippen LogP contribution in [0.25, 0.3) is 0 Å². The van der Waals surface area contributed by atoms with Crippen molar-refractivity contribution in [2.24, 2.45) is 0 Å². The molecule has 3 heteroatoms. The maximum Gasteiger partial charge on any atom is 0.122 e. The number of hydrogen-bond acceptors (Lipinski definition) is 3. The van der Waals surface area contributed by atoms with Gasteiger partial charge >= 0.3 is 0 Å². The zero-order valence-corrected chi connectivity index (χ0v) is 10.1. The summed E-state index contributed by atoms with van der Waals surface area (Å²) in [5, 5.41) is 8.51. The molecule has 2 nitrogen and oxygen atoms in total. The third-order valence-corrected chi connectivity index (χ3v) is 2.99. The molecule has 0 spiro atoms. The first-order valence-electron chi connectivity index (χ1n) is 4.86. The van der Waals surface area contributed by atoms with Crippen LogP contribution in [0.2, 0.25) is 0 Å². The van der Waals surface area contributed by atoms with Gasteiger partial charge in [-0.2, -0.15) is 5.26 Å². The first kappa shape index (κ1) is 11.9. The van der Waals surface area contributed by atoms with Gasteiger partial charge in [-0.3, -0.25) is 0 Å². The summed E-state index contributed by atoms with van der Waals surface area (Å²) in [6.07, 6.45) is 0. The molecule has 0 aliphatic rings. The van der Waals surface area contributed by atoms with Gasteiger partial charge in [0.1, 0.15) is 5.75 Å². The van der Waals surface area contributed by atoms with Gasteiger partial charge in [0.05, 0.1) is 18.9 Å². The zero-order valence-electron chi connectivity index (χ0n) is 9.28. The Hall–Kier alpha value is -1.14. The molecule has 0 atom stereocenters. The van der Waals surface area contributed by atoms with Gasteiger partial charge in [-0.25, -0.2) is 0 Å². The Morgan fingerprint density at radius 3 is 2.73 bits per heavy atom. The van der Waals surface area contributed by atoms with Crippen LogP contribution in [0.1, 0.15) is 25.3 Å². The zero-order chi connectivity index (χ0) is 11.3. The number of benzene rings is 1. The molecule has 0 heterocycles. The van der Waals surface area contributed by atoms with Crippen LogP contribution in [0, 0.1) is 11.3 Å². The molecule has 0 radical (unpaired) electrons. The molecule has 1 aromatic rings. The van der Waals surface area contributed by atoms with E-state index in [1.54, 1.807) is 18.9 Å². The molecule has 15 heavy (non-hydrogen) atoms. The van der Waals surface area contributed by atoms with Crippen LogP contribution in [0.4, 0.5) is 0 Å². The normalized spacial score (nSPS) is 10.1. The number of methoxy groups -OCH3 is 1. The molecule has 0 aromatic heterocycles. The van der Waals surface area contributed by atoms with Crippen molar-refractivity contribution in [3.8, 4) is 11.8 Å².